The van der Waals surface area contributed by atoms with E-state index in [0.29, 0.717) is 16.9 Å². The smallest absolute Gasteiger partial charge is 0.284 e. The van der Waals surface area contributed by atoms with E-state index in [0.717, 1.165) is 29.0 Å². The van der Waals surface area contributed by atoms with Crippen molar-refractivity contribution in [2.75, 3.05) is 11.0 Å². The fourth-order valence-corrected chi connectivity index (χ4v) is 3.95. The number of anilines is 1. The monoisotopic (exact) mass is 471 g/mol. The maximum atomic E-state index is 13.4. The van der Waals surface area contributed by atoms with Gasteiger partial charge in [-0.15, -0.1) is 0 Å². The quantitative estimate of drug-likeness (QED) is 0.394. The van der Waals surface area contributed by atoms with E-state index < -0.39 is 21.9 Å². The summed E-state index contributed by atoms with van der Waals surface area (Å²) in [4.78, 5) is 0. The normalized spacial score (nSPS) is 12.0. The Balaban J connectivity index is 1.74. The third-order valence-electron chi connectivity index (χ3n) is 4.98. The van der Waals surface area contributed by atoms with Crippen molar-refractivity contribution in [3.8, 4) is 28.1 Å². The molecule has 170 valence electrons. The molecule has 0 amide bonds. The van der Waals surface area contributed by atoms with E-state index in [1.807, 2.05) is 43.3 Å². The van der Waals surface area contributed by atoms with Crippen molar-refractivity contribution in [1.82, 2.24) is 9.78 Å². The van der Waals surface area contributed by atoms with Crippen LogP contribution in [0.4, 0.5) is 18.9 Å². The molecule has 4 aromatic rings. The average Bonchev–Trinajstić information content (AvgIpc) is 3.20. The molecular formula is C24H20F3N3O2S. The molecule has 33 heavy (non-hydrogen) atoms. The highest BCUT2D eigenvalue weighted by Crippen LogP contribution is 2.34. The van der Waals surface area contributed by atoms with Crippen molar-refractivity contribution >= 4 is 15.7 Å². The molecule has 0 atom stereocenters. The van der Waals surface area contributed by atoms with Gasteiger partial charge in [-0.1, -0.05) is 54.1 Å². The van der Waals surface area contributed by atoms with Crippen molar-refractivity contribution < 1.29 is 21.6 Å². The Hall–Kier alpha value is -3.59. The van der Waals surface area contributed by atoms with Crippen molar-refractivity contribution in [3.63, 3.8) is 0 Å². The Kier molecular flexibility index (Phi) is 5.75. The molecule has 3 aromatic carbocycles. The van der Waals surface area contributed by atoms with E-state index in [-0.39, 0.29) is 5.69 Å². The number of aromatic nitrogens is 2. The van der Waals surface area contributed by atoms with Gasteiger partial charge in [0.05, 0.1) is 17.6 Å². The lowest BCUT2D eigenvalue weighted by atomic mass is 10.0. The summed E-state index contributed by atoms with van der Waals surface area (Å²) in [6.45, 7) is 2.00. The first-order valence-corrected chi connectivity index (χ1v) is 11.8. The van der Waals surface area contributed by atoms with E-state index in [4.69, 9.17) is 0 Å². The molecule has 0 bridgehead atoms. The maximum Gasteiger partial charge on any atom is 0.435 e. The van der Waals surface area contributed by atoms with Gasteiger partial charge in [-0.2, -0.15) is 18.3 Å². The molecule has 0 unspecified atom stereocenters. The molecule has 0 radical (unpaired) electrons. The fraction of sp³-hybridized carbons (Fsp3) is 0.125. The van der Waals surface area contributed by atoms with Gasteiger partial charge in [0.15, 0.2) is 5.69 Å². The third kappa shape index (κ3) is 5.25. The predicted molar refractivity (Wildman–Crippen MR) is 123 cm³/mol. The summed E-state index contributed by atoms with van der Waals surface area (Å²) < 4.78 is 66.6. The van der Waals surface area contributed by atoms with Crippen LogP contribution < -0.4 is 4.72 Å². The first-order valence-electron chi connectivity index (χ1n) is 9.92. The van der Waals surface area contributed by atoms with Gasteiger partial charge in [-0.3, -0.25) is 4.72 Å². The van der Waals surface area contributed by atoms with Crippen LogP contribution in [0.15, 0.2) is 78.9 Å². The number of halogens is 3. The minimum atomic E-state index is -4.61. The lowest BCUT2D eigenvalue weighted by Crippen LogP contribution is -2.10. The Morgan fingerprint density at radius 3 is 1.85 bits per heavy atom. The Morgan fingerprint density at radius 1 is 0.818 bits per heavy atom. The molecule has 0 saturated carbocycles. The standard InChI is InChI=1S/C24H20F3N3O2S/c1-16-3-5-17(6-4-16)18-7-9-19(10-8-18)22-15-23(24(25,26)27)28-30(22)21-13-11-20(12-14-21)29-33(2,31)32/h3-15,29H,1-2H3. The first-order chi connectivity index (χ1) is 15.5. The van der Waals surface area contributed by atoms with Crippen LogP contribution in [-0.4, -0.2) is 24.5 Å². The summed E-state index contributed by atoms with van der Waals surface area (Å²) in [5.74, 6) is 0. The van der Waals surface area contributed by atoms with Gasteiger partial charge in [0, 0.05) is 11.3 Å². The van der Waals surface area contributed by atoms with Crippen molar-refractivity contribution in [2.45, 2.75) is 13.1 Å². The second-order valence-corrected chi connectivity index (χ2v) is 9.44. The van der Waals surface area contributed by atoms with E-state index in [9.17, 15) is 21.6 Å². The molecule has 1 N–H and O–H groups in total. The number of hydrogen-bond donors (Lipinski definition) is 1. The van der Waals surface area contributed by atoms with E-state index in [1.54, 1.807) is 12.1 Å². The highest BCUT2D eigenvalue weighted by atomic mass is 32.2. The van der Waals surface area contributed by atoms with Gasteiger partial charge in [0.1, 0.15) is 0 Å². The summed E-state index contributed by atoms with van der Waals surface area (Å²) in [5, 5.41) is 3.78. The van der Waals surface area contributed by atoms with E-state index >= 15 is 0 Å². The average molecular weight is 472 g/mol. The summed E-state index contributed by atoms with van der Waals surface area (Å²) in [7, 11) is -3.47. The predicted octanol–water partition coefficient (Wildman–Crippen LogP) is 5.91. The second kappa shape index (κ2) is 8.40. The fourth-order valence-electron chi connectivity index (χ4n) is 3.39. The molecule has 1 heterocycles. The highest BCUT2D eigenvalue weighted by molar-refractivity contribution is 7.92. The SMILES string of the molecule is Cc1ccc(-c2ccc(-c3cc(C(F)(F)F)nn3-c3ccc(NS(C)(=O)=O)cc3)cc2)cc1. The Bertz CT molecular complexity index is 1380. The molecule has 1 aromatic heterocycles. The summed E-state index contributed by atoms with van der Waals surface area (Å²) in [6.07, 6.45) is -3.60. The first kappa shape index (κ1) is 22.6. The number of sulfonamides is 1. The topological polar surface area (TPSA) is 64.0 Å². The Morgan fingerprint density at radius 2 is 1.33 bits per heavy atom. The van der Waals surface area contributed by atoms with E-state index in [2.05, 4.69) is 9.82 Å². The largest absolute Gasteiger partial charge is 0.435 e. The number of alkyl halides is 3. The molecule has 4 rings (SSSR count). The van der Waals surface area contributed by atoms with Gasteiger partial charge in [0.2, 0.25) is 10.0 Å². The number of nitrogens with zero attached hydrogens (tertiary/aromatic N) is 2. The highest BCUT2D eigenvalue weighted by Gasteiger charge is 2.35. The van der Waals surface area contributed by atoms with Gasteiger partial charge in [-0.05, 0) is 48.4 Å². The van der Waals surface area contributed by atoms with Gasteiger partial charge < -0.3 is 0 Å². The summed E-state index contributed by atoms with van der Waals surface area (Å²) >= 11 is 0. The number of aryl methyl sites for hydroxylation is 1. The summed E-state index contributed by atoms with van der Waals surface area (Å²) in [5.41, 5.74) is 3.56. The van der Waals surface area contributed by atoms with Gasteiger partial charge >= 0.3 is 6.18 Å². The number of rotatable bonds is 5. The zero-order valence-corrected chi connectivity index (χ0v) is 18.6. The number of nitrogens with one attached hydrogen (secondary N) is 1. The lowest BCUT2D eigenvalue weighted by molar-refractivity contribution is -0.141. The Labute approximate surface area is 189 Å². The second-order valence-electron chi connectivity index (χ2n) is 7.69. The minimum absolute atomic E-state index is 0.265. The van der Waals surface area contributed by atoms with Crippen LogP contribution >= 0.6 is 0 Å². The van der Waals surface area contributed by atoms with Crippen molar-refractivity contribution in [2.24, 2.45) is 0 Å². The number of hydrogen-bond acceptors (Lipinski definition) is 3. The van der Waals surface area contributed by atoms with Crippen LogP contribution in [0, 0.1) is 6.92 Å². The van der Waals surface area contributed by atoms with Crippen LogP contribution in [-0.2, 0) is 16.2 Å². The van der Waals surface area contributed by atoms with Crippen LogP contribution in [0.5, 0.6) is 0 Å². The molecule has 0 spiro atoms. The zero-order chi connectivity index (χ0) is 23.8. The lowest BCUT2D eigenvalue weighted by Gasteiger charge is -2.10. The molecule has 9 heteroatoms. The van der Waals surface area contributed by atoms with E-state index in [1.165, 1.54) is 28.9 Å². The molecule has 5 nitrogen and oxygen atoms in total. The van der Waals surface area contributed by atoms with Crippen molar-refractivity contribution in [1.29, 1.82) is 0 Å². The van der Waals surface area contributed by atoms with Gasteiger partial charge in [0.25, 0.3) is 0 Å². The molecule has 0 fully saturated rings. The zero-order valence-electron chi connectivity index (χ0n) is 17.8. The summed E-state index contributed by atoms with van der Waals surface area (Å²) in [6, 6.07) is 22.1. The molecule has 0 aliphatic rings. The minimum Gasteiger partial charge on any atom is -0.284 e. The van der Waals surface area contributed by atoms with Gasteiger partial charge in [-0.25, -0.2) is 13.1 Å². The maximum absolute atomic E-state index is 13.4. The molecule has 0 saturated heterocycles. The molecule has 0 aliphatic heterocycles. The molecule has 0 aliphatic carbocycles. The number of benzene rings is 3. The van der Waals surface area contributed by atoms with Crippen LogP contribution in [0.3, 0.4) is 0 Å². The van der Waals surface area contributed by atoms with Crippen LogP contribution in [0.2, 0.25) is 0 Å². The van der Waals surface area contributed by atoms with Crippen molar-refractivity contribution in [3.05, 3.63) is 90.1 Å². The van der Waals surface area contributed by atoms with Crippen LogP contribution in [0.1, 0.15) is 11.3 Å². The third-order valence-corrected chi connectivity index (χ3v) is 5.59. The van der Waals surface area contributed by atoms with Crippen LogP contribution in [0.25, 0.3) is 28.1 Å². The molecular weight excluding hydrogens is 451 g/mol.